The Morgan fingerprint density at radius 1 is 1.31 bits per heavy atom. The van der Waals surface area contributed by atoms with Crippen molar-refractivity contribution in [2.75, 3.05) is 19.6 Å². The molecule has 3 heterocycles. The van der Waals surface area contributed by atoms with Crippen molar-refractivity contribution in [3.8, 4) is 0 Å². The average molecular weight is 359 g/mol. The Morgan fingerprint density at radius 3 is 2.88 bits per heavy atom. The minimum atomic E-state index is -0.217. The number of nitrogens with one attached hydrogen (secondary N) is 1. The lowest BCUT2D eigenvalue weighted by Crippen LogP contribution is -2.49. The summed E-state index contributed by atoms with van der Waals surface area (Å²) in [5, 5.41) is 7.20. The van der Waals surface area contributed by atoms with Crippen molar-refractivity contribution in [2.24, 2.45) is 5.73 Å². The second kappa shape index (κ2) is 7.77. The zero-order chi connectivity index (χ0) is 18.7. The summed E-state index contributed by atoms with van der Waals surface area (Å²) < 4.78 is 1.59. The van der Waals surface area contributed by atoms with E-state index in [9.17, 15) is 9.59 Å². The van der Waals surface area contributed by atoms with E-state index in [1.165, 1.54) is 0 Å². The summed E-state index contributed by atoms with van der Waals surface area (Å²) in [6.07, 6.45) is 3.10. The van der Waals surface area contributed by atoms with Gasteiger partial charge in [-0.1, -0.05) is 0 Å². The van der Waals surface area contributed by atoms with Gasteiger partial charge < -0.3 is 16.0 Å². The first kappa shape index (κ1) is 18.2. The highest BCUT2D eigenvalue weighted by molar-refractivity contribution is 5.91. The van der Waals surface area contributed by atoms with E-state index in [1.807, 2.05) is 19.9 Å². The van der Waals surface area contributed by atoms with Crippen molar-refractivity contribution in [1.29, 1.82) is 0 Å². The number of carbonyl (C=O) groups excluding carboxylic acids is 2. The molecular formula is C17H25N7O2. The van der Waals surface area contributed by atoms with Crippen LogP contribution in [0.3, 0.4) is 0 Å². The van der Waals surface area contributed by atoms with Gasteiger partial charge in [0.2, 0.25) is 11.7 Å². The number of hydrogen-bond acceptors (Lipinski definition) is 6. The molecule has 0 bridgehead atoms. The maximum Gasteiger partial charge on any atom is 0.293 e. The summed E-state index contributed by atoms with van der Waals surface area (Å²) in [7, 11) is 0. The van der Waals surface area contributed by atoms with Crippen molar-refractivity contribution in [2.45, 2.75) is 45.6 Å². The third-order valence-electron chi connectivity index (χ3n) is 4.60. The van der Waals surface area contributed by atoms with Crippen LogP contribution in [-0.2, 0) is 4.79 Å². The van der Waals surface area contributed by atoms with E-state index >= 15 is 0 Å². The molecule has 2 aromatic rings. The van der Waals surface area contributed by atoms with E-state index in [2.05, 4.69) is 20.4 Å². The number of carbonyl (C=O) groups is 2. The van der Waals surface area contributed by atoms with Crippen LogP contribution in [0.15, 0.2) is 6.07 Å². The standard InChI is InChI=1S/C17H25N7O2/c1-11-9-12(2)24-17(20-11)21-15(22-24)16(26)23-8-4-3-5-13(23)10-19-14(25)6-7-18/h9,13H,3-8,10,18H2,1-2H3,(H,19,25). The third kappa shape index (κ3) is 3.82. The Kier molecular flexibility index (Phi) is 5.46. The van der Waals surface area contributed by atoms with Crippen molar-refractivity contribution in [1.82, 2.24) is 29.8 Å². The number of rotatable bonds is 5. The van der Waals surface area contributed by atoms with Gasteiger partial charge in [0.1, 0.15) is 0 Å². The quantitative estimate of drug-likeness (QED) is 0.787. The monoisotopic (exact) mass is 359 g/mol. The molecule has 9 nitrogen and oxygen atoms in total. The first-order valence-electron chi connectivity index (χ1n) is 8.98. The summed E-state index contributed by atoms with van der Waals surface area (Å²) in [6, 6.07) is 1.84. The molecule has 1 aliphatic rings. The smallest absolute Gasteiger partial charge is 0.293 e. The van der Waals surface area contributed by atoms with Crippen LogP contribution >= 0.6 is 0 Å². The fourth-order valence-corrected chi connectivity index (χ4v) is 3.32. The summed E-state index contributed by atoms with van der Waals surface area (Å²) >= 11 is 0. The number of piperidine rings is 1. The molecule has 140 valence electrons. The van der Waals surface area contributed by atoms with Gasteiger partial charge in [0, 0.05) is 43.5 Å². The maximum atomic E-state index is 13.0. The SMILES string of the molecule is Cc1cc(C)n2nc(C(=O)N3CCCCC3CNC(=O)CCN)nc2n1. The molecule has 1 saturated heterocycles. The Bertz CT molecular complexity index is 817. The molecule has 3 rings (SSSR count). The number of amides is 2. The lowest BCUT2D eigenvalue weighted by molar-refractivity contribution is -0.121. The molecule has 1 unspecified atom stereocenters. The molecule has 1 atom stereocenters. The number of aryl methyl sites for hydroxylation is 2. The van der Waals surface area contributed by atoms with Crippen LogP contribution < -0.4 is 11.1 Å². The molecule has 2 amide bonds. The predicted octanol–water partition coefficient (Wildman–Crippen LogP) is 0.201. The Labute approximate surface area is 152 Å². The fourth-order valence-electron chi connectivity index (χ4n) is 3.32. The Morgan fingerprint density at radius 2 is 2.12 bits per heavy atom. The van der Waals surface area contributed by atoms with Crippen LogP contribution in [0.4, 0.5) is 0 Å². The molecule has 0 aliphatic carbocycles. The lowest BCUT2D eigenvalue weighted by atomic mass is 10.0. The predicted molar refractivity (Wildman–Crippen MR) is 95.6 cm³/mol. The van der Waals surface area contributed by atoms with E-state index < -0.39 is 0 Å². The van der Waals surface area contributed by atoms with Gasteiger partial charge in [0.15, 0.2) is 0 Å². The van der Waals surface area contributed by atoms with Gasteiger partial charge >= 0.3 is 0 Å². The first-order valence-corrected chi connectivity index (χ1v) is 8.98. The summed E-state index contributed by atoms with van der Waals surface area (Å²) in [6.45, 7) is 5.16. The summed E-state index contributed by atoms with van der Waals surface area (Å²) in [5.74, 6) is 0.263. The highest BCUT2D eigenvalue weighted by atomic mass is 16.2. The molecule has 3 N–H and O–H groups in total. The van der Waals surface area contributed by atoms with Crippen LogP contribution in [0.2, 0.25) is 0 Å². The average Bonchev–Trinajstić information content (AvgIpc) is 3.04. The summed E-state index contributed by atoms with van der Waals surface area (Å²) in [4.78, 5) is 35.1. The molecule has 2 aromatic heterocycles. The zero-order valence-corrected chi connectivity index (χ0v) is 15.2. The minimum absolute atomic E-state index is 0.0552. The van der Waals surface area contributed by atoms with Crippen LogP contribution in [-0.4, -0.2) is 62.0 Å². The van der Waals surface area contributed by atoms with Gasteiger partial charge in [-0.2, -0.15) is 4.98 Å². The van der Waals surface area contributed by atoms with Gasteiger partial charge in [0.05, 0.1) is 0 Å². The van der Waals surface area contributed by atoms with E-state index in [4.69, 9.17) is 5.73 Å². The van der Waals surface area contributed by atoms with Crippen molar-refractivity contribution in [3.05, 3.63) is 23.3 Å². The molecule has 0 spiro atoms. The highest BCUT2D eigenvalue weighted by Crippen LogP contribution is 2.19. The third-order valence-corrected chi connectivity index (χ3v) is 4.60. The van der Waals surface area contributed by atoms with Crippen LogP contribution in [0.25, 0.3) is 5.78 Å². The van der Waals surface area contributed by atoms with Gasteiger partial charge in [-0.15, -0.1) is 5.10 Å². The molecule has 26 heavy (non-hydrogen) atoms. The number of nitrogens with zero attached hydrogens (tertiary/aromatic N) is 5. The Balaban J connectivity index is 1.78. The summed E-state index contributed by atoms with van der Waals surface area (Å²) in [5.41, 5.74) is 7.11. The van der Waals surface area contributed by atoms with Crippen molar-refractivity contribution in [3.63, 3.8) is 0 Å². The Hall–Kier alpha value is -2.55. The molecule has 1 fully saturated rings. The number of nitrogens with two attached hydrogens (primary N) is 1. The fraction of sp³-hybridized carbons (Fsp3) is 0.588. The largest absolute Gasteiger partial charge is 0.354 e. The molecule has 0 aromatic carbocycles. The number of aromatic nitrogens is 4. The topological polar surface area (TPSA) is 119 Å². The normalized spacial score (nSPS) is 17.5. The first-order chi connectivity index (χ1) is 12.5. The van der Waals surface area contributed by atoms with Crippen LogP contribution in [0.1, 0.15) is 47.7 Å². The van der Waals surface area contributed by atoms with Gasteiger partial charge in [-0.05, 0) is 39.2 Å². The van der Waals surface area contributed by atoms with E-state index in [0.717, 1.165) is 30.7 Å². The number of likely N-dealkylation sites (tertiary alicyclic amines) is 1. The zero-order valence-electron chi connectivity index (χ0n) is 15.2. The second-order valence-corrected chi connectivity index (χ2v) is 6.68. The van der Waals surface area contributed by atoms with Crippen molar-refractivity contribution < 1.29 is 9.59 Å². The molecule has 0 saturated carbocycles. The van der Waals surface area contributed by atoms with E-state index in [-0.39, 0.29) is 23.7 Å². The maximum absolute atomic E-state index is 13.0. The van der Waals surface area contributed by atoms with Crippen LogP contribution in [0, 0.1) is 13.8 Å². The molecule has 1 aliphatic heterocycles. The highest BCUT2D eigenvalue weighted by Gasteiger charge is 2.30. The van der Waals surface area contributed by atoms with E-state index in [1.54, 1.807) is 9.42 Å². The van der Waals surface area contributed by atoms with Gasteiger partial charge in [0.25, 0.3) is 11.7 Å². The lowest BCUT2D eigenvalue weighted by Gasteiger charge is -2.35. The minimum Gasteiger partial charge on any atom is -0.354 e. The van der Waals surface area contributed by atoms with E-state index in [0.29, 0.717) is 31.8 Å². The number of fused-ring (bicyclic) bond motifs is 1. The molecule has 9 heteroatoms. The molecular weight excluding hydrogens is 334 g/mol. The molecule has 0 radical (unpaired) electrons. The van der Waals surface area contributed by atoms with Gasteiger partial charge in [-0.25, -0.2) is 9.50 Å². The van der Waals surface area contributed by atoms with Crippen molar-refractivity contribution >= 4 is 17.6 Å². The second-order valence-electron chi connectivity index (χ2n) is 6.68. The number of hydrogen-bond donors (Lipinski definition) is 2. The van der Waals surface area contributed by atoms with Crippen LogP contribution in [0.5, 0.6) is 0 Å². The van der Waals surface area contributed by atoms with Gasteiger partial charge in [-0.3, -0.25) is 9.59 Å².